The van der Waals surface area contributed by atoms with E-state index in [1.165, 1.54) is 64.2 Å². The van der Waals surface area contributed by atoms with Crippen LogP contribution >= 0.6 is 0 Å². The van der Waals surface area contributed by atoms with Crippen LogP contribution in [0.1, 0.15) is 112 Å². The number of ether oxygens (including phenoxy) is 1. The molecule has 0 aliphatic rings. The molecule has 0 saturated heterocycles. The Hall–Kier alpha value is -0.530. The molecule has 0 aliphatic carbocycles. The Balaban J connectivity index is 3.37. The highest BCUT2D eigenvalue weighted by Gasteiger charge is 2.21. The summed E-state index contributed by atoms with van der Waals surface area (Å²) in [6.45, 7) is 10.0. The van der Waals surface area contributed by atoms with Crippen LogP contribution in [0.25, 0.3) is 0 Å². The number of hydrogen-bond donors (Lipinski definition) is 0. The summed E-state index contributed by atoms with van der Waals surface area (Å²) < 4.78 is 5.41. The highest BCUT2D eigenvalue weighted by molar-refractivity contribution is 5.72. The molecule has 0 aromatic heterocycles. The van der Waals surface area contributed by atoms with Gasteiger partial charge in [-0.25, -0.2) is 0 Å². The highest BCUT2D eigenvalue weighted by Crippen LogP contribution is 2.17. The molecule has 0 spiro atoms. The minimum Gasteiger partial charge on any atom is -0.460 e. The fraction of sp³-hybridized carbons (Fsp3) is 0.950. The van der Waals surface area contributed by atoms with Crippen molar-refractivity contribution in [1.82, 2.24) is 0 Å². The first-order chi connectivity index (χ1) is 10.4. The lowest BCUT2D eigenvalue weighted by Gasteiger charge is -2.22. The molecule has 0 bridgehead atoms. The van der Waals surface area contributed by atoms with E-state index in [9.17, 15) is 4.79 Å². The van der Waals surface area contributed by atoms with Gasteiger partial charge in [-0.1, -0.05) is 84.5 Å². The molecule has 0 rings (SSSR count). The molecule has 2 heteroatoms. The predicted octanol–water partition coefficient (Wildman–Crippen LogP) is 6.67. The summed E-state index contributed by atoms with van der Waals surface area (Å²) in [4.78, 5) is 11.8. The number of carbonyl (C=O) groups excluding carboxylic acids is 1. The molecule has 2 nitrogen and oxygen atoms in total. The molecule has 0 fully saturated rings. The van der Waals surface area contributed by atoms with E-state index >= 15 is 0 Å². The minimum atomic E-state index is -0.359. The smallest absolute Gasteiger partial charge is 0.309 e. The van der Waals surface area contributed by atoms with Crippen LogP contribution in [0.4, 0.5) is 0 Å². The van der Waals surface area contributed by atoms with E-state index in [1.807, 2.05) is 27.7 Å². The van der Waals surface area contributed by atoms with Gasteiger partial charge < -0.3 is 4.74 Å². The third-order valence-corrected chi connectivity index (χ3v) is 4.05. The van der Waals surface area contributed by atoms with Gasteiger partial charge in [0.15, 0.2) is 0 Å². The van der Waals surface area contributed by atoms with Crippen molar-refractivity contribution in [3.8, 4) is 0 Å². The van der Waals surface area contributed by atoms with Crippen LogP contribution in [0.2, 0.25) is 0 Å². The van der Waals surface area contributed by atoms with Crippen LogP contribution in [0.5, 0.6) is 0 Å². The van der Waals surface area contributed by atoms with Gasteiger partial charge in [0.1, 0.15) is 5.60 Å². The van der Waals surface area contributed by atoms with Gasteiger partial charge in [0.05, 0.1) is 5.92 Å². The molecule has 132 valence electrons. The molecule has 0 aliphatic heterocycles. The van der Waals surface area contributed by atoms with E-state index in [2.05, 4.69) is 6.92 Å². The third-order valence-electron chi connectivity index (χ3n) is 4.05. The van der Waals surface area contributed by atoms with Crippen molar-refractivity contribution in [3.05, 3.63) is 0 Å². The zero-order valence-electron chi connectivity index (χ0n) is 15.9. The van der Waals surface area contributed by atoms with Crippen molar-refractivity contribution in [3.63, 3.8) is 0 Å². The summed E-state index contributed by atoms with van der Waals surface area (Å²) in [5.74, 6) is -0.00244. The average molecular weight is 313 g/mol. The first-order valence-electron chi connectivity index (χ1n) is 9.59. The van der Waals surface area contributed by atoms with Crippen LogP contribution < -0.4 is 0 Å². The largest absolute Gasteiger partial charge is 0.460 e. The van der Waals surface area contributed by atoms with Crippen molar-refractivity contribution < 1.29 is 9.53 Å². The van der Waals surface area contributed by atoms with E-state index in [-0.39, 0.29) is 17.5 Å². The summed E-state index contributed by atoms with van der Waals surface area (Å²) in [6.07, 6.45) is 15.8. The van der Waals surface area contributed by atoms with Gasteiger partial charge in [-0.3, -0.25) is 4.79 Å². The van der Waals surface area contributed by atoms with E-state index in [0.717, 1.165) is 12.8 Å². The van der Waals surface area contributed by atoms with Crippen molar-refractivity contribution in [2.45, 2.75) is 117 Å². The number of unbranched alkanes of at least 4 members (excludes halogenated alkanes) is 10. The molecule has 0 aromatic rings. The maximum Gasteiger partial charge on any atom is 0.309 e. The Morgan fingerprint density at radius 1 is 0.818 bits per heavy atom. The summed E-state index contributed by atoms with van der Waals surface area (Å²) in [7, 11) is 0. The second-order valence-electron chi connectivity index (χ2n) is 7.76. The van der Waals surface area contributed by atoms with Gasteiger partial charge in [0, 0.05) is 0 Å². The second-order valence-corrected chi connectivity index (χ2v) is 7.76. The van der Waals surface area contributed by atoms with E-state index < -0.39 is 0 Å². The maximum absolute atomic E-state index is 11.8. The molecule has 0 radical (unpaired) electrons. The Morgan fingerprint density at radius 2 is 1.23 bits per heavy atom. The van der Waals surface area contributed by atoms with Gasteiger partial charge in [0.2, 0.25) is 0 Å². The van der Waals surface area contributed by atoms with Crippen LogP contribution in [-0.4, -0.2) is 11.6 Å². The van der Waals surface area contributed by atoms with Crippen molar-refractivity contribution in [1.29, 1.82) is 0 Å². The number of esters is 1. The summed E-state index contributed by atoms with van der Waals surface area (Å²) in [6, 6.07) is 0. The fourth-order valence-corrected chi connectivity index (χ4v) is 2.63. The predicted molar refractivity (Wildman–Crippen MR) is 96.1 cm³/mol. The van der Waals surface area contributed by atoms with Crippen LogP contribution in [0.3, 0.4) is 0 Å². The molecule has 1 atom stereocenters. The van der Waals surface area contributed by atoms with E-state index in [0.29, 0.717) is 0 Å². The van der Waals surface area contributed by atoms with Gasteiger partial charge in [-0.05, 0) is 27.2 Å². The van der Waals surface area contributed by atoms with Crippen LogP contribution in [-0.2, 0) is 9.53 Å². The zero-order chi connectivity index (χ0) is 16.8. The molecule has 0 amide bonds. The third kappa shape index (κ3) is 14.4. The minimum absolute atomic E-state index is 0.0396. The number of rotatable bonds is 13. The Morgan fingerprint density at radius 3 is 1.64 bits per heavy atom. The van der Waals surface area contributed by atoms with E-state index in [1.54, 1.807) is 0 Å². The summed E-state index contributed by atoms with van der Waals surface area (Å²) >= 11 is 0. The van der Waals surface area contributed by atoms with Gasteiger partial charge in [0.25, 0.3) is 0 Å². The number of hydrogen-bond acceptors (Lipinski definition) is 2. The van der Waals surface area contributed by atoms with Gasteiger partial charge in [-0.2, -0.15) is 0 Å². The van der Waals surface area contributed by atoms with Gasteiger partial charge >= 0.3 is 5.97 Å². The molecule has 0 saturated carbocycles. The van der Waals surface area contributed by atoms with Crippen molar-refractivity contribution in [2.75, 3.05) is 0 Å². The molecular formula is C20H40O2. The molecule has 0 N–H and O–H groups in total. The SMILES string of the molecule is CCCCCCCCCCCCCC(C)C(=O)OC(C)(C)C. The fourth-order valence-electron chi connectivity index (χ4n) is 2.63. The van der Waals surface area contributed by atoms with Gasteiger partial charge in [-0.15, -0.1) is 0 Å². The number of carbonyl (C=O) groups is 1. The first kappa shape index (κ1) is 21.5. The maximum atomic E-state index is 11.8. The molecule has 22 heavy (non-hydrogen) atoms. The normalized spacial score (nSPS) is 13.1. The Labute approximate surface area is 139 Å². The Kier molecular flexibility index (Phi) is 12.6. The summed E-state index contributed by atoms with van der Waals surface area (Å²) in [5, 5.41) is 0. The van der Waals surface area contributed by atoms with E-state index in [4.69, 9.17) is 4.74 Å². The first-order valence-corrected chi connectivity index (χ1v) is 9.59. The Bertz CT molecular complexity index is 265. The van der Waals surface area contributed by atoms with Crippen molar-refractivity contribution >= 4 is 5.97 Å². The van der Waals surface area contributed by atoms with Crippen molar-refractivity contribution in [2.24, 2.45) is 5.92 Å². The molecule has 0 heterocycles. The second kappa shape index (κ2) is 13.0. The topological polar surface area (TPSA) is 26.3 Å². The monoisotopic (exact) mass is 312 g/mol. The lowest BCUT2D eigenvalue weighted by Crippen LogP contribution is -2.27. The molecule has 0 aromatic carbocycles. The van der Waals surface area contributed by atoms with Crippen LogP contribution in [0, 0.1) is 5.92 Å². The average Bonchev–Trinajstić information content (AvgIpc) is 2.42. The summed E-state index contributed by atoms with van der Waals surface area (Å²) in [5.41, 5.74) is -0.359. The molecular weight excluding hydrogens is 272 g/mol. The van der Waals surface area contributed by atoms with Crippen LogP contribution in [0.15, 0.2) is 0 Å². The quantitative estimate of drug-likeness (QED) is 0.280. The zero-order valence-corrected chi connectivity index (χ0v) is 15.9. The highest BCUT2D eigenvalue weighted by atomic mass is 16.6. The lowest BCUT2D eigenvalue weighted by atomic mass is 10.0. The molecule has 1 unspecified atom stereocenters. The standard InChI is InChI=1S/C20H40O2/c1-6-7-8-9-10-11-12-13-14-15-16-17-18(2)19(21)22-20(3,4)5/h18H,6-17H2,1-5H3. The lowest BCUT2D eigenvalue weighted by molar-refractivity contribution is -0.159.